The first kappa shape index (κ1) is 14.0. The van der Waals surface area contributed by atoms with Gasteiger partial charge in [0.2, 0.25) is 11.8 Å². The van der Waals surface area contributed by atoms with Gasteiger partial charge in [-0.2, -0.15) is 4.98 Å². The third-order valence-corrected chi connectivity index (χ3v) is 3.12. The maximum Gasteiger partial charge on any atom is 0.226 e. The molecule has 2 heterocycles. The summed E-state index contributed by atoms with van der Waals surface area (Å²) in [6.45, 7) is 5.20. The van der Waals surface area contributed by atoms with Crippen LogP contribution in [0.4, 0.5) is 5.95 Å². The Labute approximate surface area is 113 Å². The predicted molar refractivity (Wildman–Crippen MR) is 71.3 cm³/mol. The highest BCUT2D eigenvalue weighted by molar-refractivity contribution is 5.32. The van der Waals surface area contributed by atoms with Crippen LogP contribution in [0.2, 0.25) is 0 Å². The molecule has 0 atom stereocenters. The average molecular weight is 267 g/mol. The summed E-state index contributed by atoms with van der Waals surface area (Å²) in [6.07, 6.45) is 3.19. The van der Waals surface area contributed by atoms with Crippen molar-refractivity contribution in [2.45, 2.75) is 38.3 Å². The second-order valence-electron chi connectivity index (χ2n) is 5.06. The molecule has 2 rings (SSSR count). The molecule has 2 N–H and O–H groups in total. The first-order valence-corrected chi connectivity index (χ1v) is 6.60. The standard InChI is InChI=1S/C13H21N3O3/c1-10(2)19-11-3-6-14-12(15-11)16-13(9-17)4-7-18-8-5-13/h3,6,10,17H,4-5,7-9H2,1-2H3,(H,14,15,16). The van der Waals surface area contributed by atoms with Crippen molar-refractivity contribution in [2.75, 3.05) is 25.1 Å². The van der Waals surface area contributed by atoms with E-state index in [9.17, 15) is 5.11 Å². The lowest BCUT2D eigenvalue weighted by molar-refractivity contribution is 0.0376. The lowest BCUT2D eigenvalue weighted by Crippen LogP contribution is -2.47. The van der Waals surface area contributed by atoms with Crippen LogP contribution in [0.15, 0.2) is 12.3 Å². The largest absolute Gasteiger partial charge is 0.475 e. The Morgan fingerprint density at radius 1 is 1.47 bits per heavy atom. The summed E-state index contributed by atoms with van der Waals surface area (Å²) in [6, 6.07) is 1.72. The van der Waals surface area contributed by atoms with Gasteiger partial charge in [-0.1, -0.05) is 0 Å². The number of ether oxygens (including phenoxy) is 2. The molecule has 1 saturated heterocycles. The zero-order valence-electron chi connectivity index (χ0n) is 11.4. The van der Waals surface area contributed by atoms with Gasteiger partial charge in [0.15, 0.2) is 0 Å². The van der Waals surface area contributed by atoms with Crippen molar-refractivity contribution in [1.82, 2.24) is 9.97 Å². The van der Waals surface area contributed by atoms with E-state index in [0.29, 0.717) is 25.0 Å². The highest BCUT2D eigenvalue weighted by atomic mass is 16.5. The highest BCUT2D eigenvalue weighted by Crippen LogP contribution is 2.24. The van der Waals surface area contributed by atoms with E-state index in [1.54, 1.807) is 12.3 Å². The molecule has 6 nitrogen and oxygen atoms in total. The first-order valence-electron chi connectivity index (χ1n) is 6.60. The molecule has 1 aliphatic heterocycles. The number of nitrogens with zero attached hydrogens (tertiary/aromatic N) is 2. The van der Waals surface area contributed by atoms with Gasteiger partial charge in [0.25, 0.3) is 0 Å². The van der Waals surface area contributed by atoms with Crippen molar-refractivity contribution < 1.29 is 14.6 Å². The van der Waals surface area contributed by atoms with Crippen LogP contribution in [0.1, 0.15) is 26.7 Å². The number of anilines is 1. The van der Waals surface area contributed by atoms with Crippen LogP contribution < -0.4 is 10.1 Å². The van der Waals surface area contributed by atoms with E-state index in [-0.39, 0.29) is 12.7 Å². The summed E-state index contributed by atoms with van der Waals surface area (Å²) in [7, 11) is 0. The maximum atomic E-state index is 9.61. The predicted octanol–water partition coefficient (Wildman–Crippen LogP) is 1.22. The van der Waals surface area contributed by atoms with Gasteiger partial charge in [0, 0.05) is 25.5 Å². The monoisotopic (exact) mass is 267 g/mol. The summed E-state index contributed by atoms with van der Waals surface area (Å²) in [5.74, 6) is 1.02. The highest BCUT2D eigenvalue weighted by Gasteiger charge is 2.32. The third kappa shape index (κ3) is 3.78. The molecule has 106 valence electrons. The molecule has 0 saturated carbocycles. The van der Waals surface area contributed by atoms with Gasteiger partial charge >= 0.3 is 0 Å². The van der Waals surface area contributed by atoms with Gasteiger partial charge in [0.1, 0.15) is 0 Å². The second kappa shape index (κ2) is 6.16. The van der Waals surface area contributed by atoms with Crippen LogP contribution in [0.25, 0.3) is 0 Å². The lowest BCUT2D eigenvalue weighted by atomic mass is 9.91. The quantitative estimate of drug-likeness (QED) is 0.835. The molecule has 1 aromatic heterocycles. The fourth-order valence-electron chi connectivity index (χ4n) is 2.03. The molecule has 0 bridgehead atoms. The molecule has 1 aromatic rings. The fraction of sp³-hybridized carbons (Fsp3) is 0.692. The SMILES string of the molecule is CC(C)Oc1ccnc(NC2(CO)CCOCC2)n1. The molecular formula is C13H21N3O3. The van der Waals surface area contributed by atoms with Crippen LogP contribution in [-0.2, 0) is 4.74 Å². The minimum atomic E-state index is -0.394. The molecule has 0 unspecified atom stereocenters. The number of aromatic nitrogens is 2. The molecular weight excluding hydrogens is 246 g/mol. The third-order valence-electron chi connectivity index (χ3n) is 3.12. The Balaban J connectivity index is 2.08. The van der Waals surface area contributed by atoms with Crippen molar-refractivity contribution >= 4 is 5.95 Å². The molecule has 0 amide bonds. The minimum absolute atomic E-state index is 0.0367. The van der Waals surface area contributed by atoms with Gasteiger partial charge in [-0.3, -0.25) is 0 Å². The second-order valence-corrected chi connectivity index (χ2v) is 5.06. The minimum Gasteiger partial charge on any atom is -0.475 e. The van der Waals surface area contributed by atoms with Crippen LogP contribution in [0.5, 0.6) is 5.88 Å². The van der Waals surface area contributed by atoms with Crippen LogP contribution in [0, 0.1) is 0 Å². The van der Waals surface area contributed by atoms with Crippen molar-refractivity contribution in [3.8, 4) is 5.88 Å². The molecule has 0 radical (unpaired) electrons. The zero-order valence-corrected chi connectivity index (χ0v) is 11.4. The van der Waals surface area contributed by atoms with E-state index in [1.165, 1.54) is 0 Å². The van der Waals surface area contributed by atoms with Crippen molar-refractivity contribution in [3.05, 3.63) is 12.3 Å². The number of hydrogen-bond donors (Lipinski definition) is 2. The average Bonchev–Trinajstić information content (AvgIpc) is 2.39. The van der Waals surface area contributed by atoms with Crippen molar-refractivity contribution in [1.29, 1.82) is 0 Å². The van der Waals surface area contributed by atoms with Crippen LogP contribution in [-0.4, -0.2) is 46.5 Å². The Hall–Kier alpha value is -1.40. The van der Waals surface area contributed by atoms with Gasteiger partial charge < -0.3 is 19.9 Å². The Morgan fingerprint density at radius 3 is 2.84 bits per heavy atom. The molecule has 19 heavy (non-hydrogen) atoms. The smallest absolute Gasteiger partial charge is 0.226 e. The number of aliphatic hydroxyl groups is 1. The molecule has 0 spiro atoms. The van der Waals surface area contributed by atoms with Crippen molar-refractivity contribution in [2.24, 2.45) is 0 Å². The van der Waals surface area contributed by atoms with Gasteiger partial charge in [0.05, 0.1) is 18.2 Å². The number of rotatable bonds is 5. The van der Waals surface area contributed by atoms with Gasteiger partial charge in [-0.15, -0.1) is 0 Å². The van der Waals surface area contributed by atoms with Crippen LogP contribution >= 0.6 is 0 Å². The Bertz CT molecular complexity index is 406. The summed E-state index contributed by atoms with van der Waals surface area (Å²) in [5.41, 5.74) is -0.394. The van der Waals surface area contributed by atoms with E-state index in [4.69, 9.17) is 9.47 Å². The van der Waals surface area contributed by atoms with Crippen molar-refractivity contribution in [3.63, 3.8) is 0 Å². The van der Waals surface area contributed by atoms with E-state index in [2.05, 4.69) is 15.3 Å². The molecule has 0 aromatic carbocycles. The molecule has 6 heteroatoms. The summed E-state index contributed by atoms with van der Waals surface area (Å²) in [5, 5.41) is 12.8. The summed E-state index contributed by atoms with van der Waals surface area (Å²) in [4.78, 5) is 8.48. The molecule has 1 aliphatic rings. The summed E-state index contributed by atoms with van der Waals surface area (Å²) < 4.78 is 10.9. The van der Waals surface area contributed by atoms with Gasteiger partial charge in [-0.05, 0) is 26.7 Å². The topological polar surface area (TPSA) is 76.5 Å². The van der Waals surface area contributed by atoms with E-state index in [0.717, 1.165) is 12.8 Å². The van der Waals surface area contributed by atoms with E-state index < -0.39 is 5.54 Å². The summed E-state index contributed by atoms with van der Waals surface area (Å²) >= 11 is 0. The Morgan fingerprint density at radius 2 is 2.21 bits per heavy atom. The van der Waals surface area contributed by atoms with Crippen LogP contribution in [0.3, 0.4) is 0 Å². The Kier molecular flexibility index (Phi) is 4.55. The normalized spacial score (nSPS) is 18.3. The molecule has 1 fully saturated rings. The first-order chi connectivity index (χ1) is 9.13. The lowest BCUT2D eigenvalue weighted by Gasteiger charge is -2.36. The molecule has 0 aliphatic carbocycles. The van der Waals surface area contributed by atoms with E-state index in [1.807, 2.05) is 13.8 Å². The number of nitrogens with one attached hydrogen (secondary N) is 1. The number of aliphatic hydroxyl groups excluding tert-OH is 1. The zero-order chi connectivity index (χ0) is 13.7. The maximum absolute atomic E-state index is 9.61. The number of hydrogen-bond acceptors (Lipinski definition) is 6. The fourth-order valence-corrected chi connectivity index (χ4v) is 2.03. The van der Waals surface area contributed by atoms with E-state index >= 15 is 0 Å². The van der Waals surface area contributed by atoms with Gasteiger partial charge in [-0.25, -0.2) is 4.98 Å².